The Morgan fingerprint density at radius 2 is 2.33 bits per heavy atom. The van der Waals surface area contributed by atoms with E-state index in [2.05, 4.69) is 29.6 Å². The lowest BCUT2D eigenvalue weighted by Crippen LogP contribution is -2.41. The Kier molecular flexibility index (Phi) is 1.78. The largest absolute Gasteiger partial charge is 0.331 e. The Hall–Kier alpha value is -0.830. The molecule has 1 aromatic heterocycles. The van der Waals surface area contributed by atoms with Crippen LogP contribution in [0.5, 0.6) is 0 Å². The molecule has 3 atom stereocenters. The number of nitrogens with zero attached hydrogens (tertiary/aromatic N) is 2. The molecule has 2 aliphatic rings. The predicted octanol–water partition coefficient (Wildman–Crippen LogP) is 1.81. The molecule has 2 N–H and O–H groups in total. The molecule has 1 fully saturated rings. The fourth-order valence-electron chi connectivity index (χ4n) is 3.17. The molecule has 1 aliphatic carbocycles. The minimum atomic E-state index is -0.0601. The van der Waals surface area contributed by atoms with Gasteiger partial charge in [0.15, 0.2) is 0 Å². The first-order chi connectivity index (χ1) is 7.05. The number of aromatic nitrogens is 2. The normalized spacial score (nSPS) is 38.9. The Labute approximate surface area is 90.7 Å². The average Bonchev–Trinajstić information content (AvgIpc) is 2.37. The molecule has 3 rings (SSSR count). The Morgan fingerprint density at radius 1 is 1.53 bits per heavy atom. The molecule has 3 nitrogen and oxygen atoms in total. The van der Waals surface area contributed by atoms with Gasteiger partial charge in [-0.25, -0.2) is 4.98 Å². The molecular formula is C12H19N3. The first kappa shape index (κ1) is 9.40. The molecule has 0 spiro atoms. The molecule has 15 heavy (non-hydrogen) atoms. The summed E-state index contributed by atoms with van der Waals surface area (Å²) in [5.41, 5.74) is 7.41. The minimum absolute atomic E-state index is 0.0601. The molecule has 82 valence electrons. The van der Waals surface area contributed by atoms with Crippen LogP contribution in [0.25, 0.3) is 0 Å². The number of hydrogen-bond acceptors (Lipinski definition) is 2. The van der Waals surface area contributed by atoms with Gasteiger partial charge in [-0.15, -0.1) is 0 Å². The van der Waals surface area contributed by atoms with Crippen molar-refractivity contribution in [3.8, 4) is 0 Å². The van der Waals surface area contributed by atoms with Gasteiger partial charge in [0.1, 0.15) is 5.82 Å². The van der Waals surface area contributed by atoms with Crippen LogP contribution in [0.15, 0.2) is 6.20 Å². The number of nitrogens with two attached hydrogens (primary N) is 1. The molecule has 3 unspecified atom stereocenters. The Bertz CT molecular complexity index is 392. The molecule has 3 heteroatoms. The van der Waals surface area contributed by atoms with Crippen molar-refractivity contribution in [1.82, 2.24) is 9.55 Å². The van der Waals surface area contributed by atoms with Crippen LogP contribution in [-0.4, -0.2) is 15.1 Å². The maximum atomic E-state index is 6.34. The van der Waals surface area contributed by atoms with E-state index >= 15 is 0 Å². The first-order valence-electron chi connectivity index (χ1n) is 5.88. The van der Waals surface area contributed by atoms with Gasteiger partial charge in [-0.05, 0) is 39.0 Å². The summed E-state index contributed by atoms with van der Waals surface area (Å²) in [6.07, 6.45) is 6.93. The van der Waals surface area contributed by atoms with E-state index in [1.54, 1.807) is 0 Å². The fourth-order valence-corrected chi connectivity index (χ4v) is 3.17. The topological polar surface area (TPSA) is 43.8 Å². The number of fused-ring (bicyclic) bond motifs is 3. The highest BCUT2D eigenvalue weighted by Crippen LogP contribution is 2.46. The highest BCUT2D eigenvalue weighted by atomic mass is 15.1. The Balaban J connectivity index is 2.05. The van der Waals surface area contributed by atoms with Gasteiger partial charge in [-0.3, -0.25) is 0 Å². The van der Waals surface area contributed by atoms with Crippen molar-refractivity contribution in [3.63, 3.8) is 0 Å². The molecule has 0 aromatic carbocycles. The van der Waals surface area contributed by atoms with Gasteiger partial charge in [-0.1, -0.05) is 0 Å². The average molecular weight is 205 g/mol. The lowest BCUT2D eigenvalue weighted by atomic mass is 9.73. The summed E-state index contributed by atoms with van der Waals surface area (Å²) in [7, 11) is 0. The zero-order chi connectivity index (χ0) is 10.6. The molecule has 1 aromatic rings. The van der Waals surface area contributed by atoms with Crippen molar-refractivity contribution in [3.05, 3.63) is 17.7 Å². The van der Waals surface area contributed by atoms with Gasteiger partial charge in [0.2, 0.25) is 0 Å². The summed E-state index contributed by atoms with van der Waals surface area (Å²) in [5, 5.41) is 0. The van der Waals surface area contributed by atoms with Crippen molar-refractivity contribution in [2.45, 2.75) is 51.1 Å². The first-order valence-corrected chi connectivity index (χ1v) is 5.88. The van der Waals surface area contributed by atoms with Crippen LogP contribution in [0.3, 0.4) is 0 Å². The second kappa shape index (κ2) is 2.85. The zero-order valence-corrected chi connectivity index (χ0v) is 9.53. The summed E-state index contributed by atoms with van der Waals surface area (Å²) < 4.78 is 2.39. The van der Waals surface area contributed by atoms with Gasteiger partial charge in [0.25, 0.3) is 0 Å². The quantitative estimate of drug-likeness (QED) is 0.702. The number of rotatable bonds is 0. The molecule has 0 radical (unpaired) electrons. The summed E-state index contributed by atoms with van der Waals surface area (Å²) >= 11 is 0. The van der Waals surface area contributed by atoms with E-state index in [1.807, 2.05) is 0 Å². The van der Waals surface area contributed by atoms with Crippen LogP contribution >= 0.6 is 0 Å². The van der Waals surface area contributed by atoms with E-state index in [1.165, 1.54) is 18.7 Å². The van der Waals surface area contributed by atoms with Gasteiger partial charge in [0.05, 0.1) is 5.69 Å². The smallest absolute Gasteiger partial charge is 0.111 e. The third kappa shape index (κ3) is 1.41. The SMILES string of the molecule is Cc1cn2c(n1)CC(C)(N)CC1CCC12. The molecule has 1 saturated carbocycles. The summed E-state index contributed by atoms with van der Waals surface area (Å²) in [6.45, 7) is 4.24. The van der Waals surface area contributed by atoms with E-state index in [0.717, 1.165) is 24.5 Å². The van der Waals surface area contributed by atoms with Crippen LogP contribution in [-0.2, 0) is 6.42 Å². The standard InChI is InChI=1S/C12H19N3/c1-8-7-15-10-4-3-9(10)5-12(2,13)6-11(15)14-8/h7,9-10H,3-6,13H2,1-2H3. The molecule has 0 saturated heterocycles. The third-order valence-electron chi connectivity index (χ3n) is 3.95. The van der Waals surface area contributed by atoms with E-state index in [-0.39, 0.29) is 5.54 Å². The van der Waals surface area contributed by atoms with Crippen LogP contribution in [0.2, 0.25) is 0 Å². The second-order valence-electron chi connectivity index (χ2n) is 5.65. The van der Waals surface area contributed by atoms with Crippen LogP contribution < -0.4 is 5.73 Å². The molecule has 2 heterocycles. The van der Waals surface area contributed by atoms with Gasteiger partial charge in [0, 0.05) is 24.2 Å². The summed E-state index contributed by atoms with van der Waals surface area (Å²) in [4.78, 5) is 4.61. The van der Waals surface area contributed by atoms with Crippen LogP contribution in [0, 0.1) is 12.8 Å². The monoisotopic (exact) mass is 205 g/mol. The van der Waals surface area contributed by atoms with Crippen molar-refractivity contribution >= 4 is 0 Å². The van der Waals surface area contributed by atoms with Gasteiger partial charge < -0.3 is 10.3 Å². The number of hydrogen-bond donors (Lipinski definition) is 1. The number of aryl methyl sites for hydroxylation is 1. The van der Waals surface area contributed by atoms with Crippen molar-refractivity contribution in [2.75, 3.05) is 0 Å². The Morgan fingerprint density at radius 3 is 3.00 bits per heavy atom. The van der Waals surface area contributed by atoms with E-state index in [4.69, 9.17) is 5.73 Å². The maximum Gasteiger partial charge on any atom is 0.111 e. The zero-order valence-electron chi connectivity index (χ0n) is 9.53. The lowest BCUT2D eigenvalue weighted by Gasteiger charge is -2.38. The van der Waals surface area contributed by atoms with Gasteiger partial charge in [-0.2, -0.15) is 0 Å². The highest BCUT2D eigenvalue weighted by molar-refractivity contribution is 5.12. The van der Waals surface area contributed by atoms with E-state index < -0.39 is 0 Å². The van der Waals surface area contributed by atoms with Crippen molar-refractivity contribution in [2.24, 2.45) is 11.7 Å². The van der Waals surface area contributed by atoms with E-state index in [0.29, 0.717) is 6.04 Å². The summed E-state index contributed by atoms with van der Waals surface area (Å²) in [5.74, 6) is 1.99. The molecule has 0 bridgehead atoms. The van der Waals surface area contributed by atoms with E-state index in [9.17, 15) is 0 Å². The third-order valence-corrected chi connectivity index (χ3v) is 3.95. The molecule has 0 amide bonds. The minimum Gasteiger partial charge on any atom is -0.331 e. The van der Waals surface area contributed by atoms with Gasteiger partial charge >= 0.3 is 0 Å². The second-order valence-corrected chi connectivity index (χ2v) is 5.65. The van der Waals surface area contributed by atoms with Crippen molar-refractivity contribution in [1.29, 1.82) is 0 Å². The lowest BCUT2D eigenvalue weighted by molar-refractivity contribution is 0.155. The van der Waals surface area contributed by atoms with Crippen LogP contribution in [0.1, 0.15) is 43.7 Å². The fraction of sp³-hybridized carbons (Fsp3) is 0.750. The van der Waals surface area contributed by atoms with Crippen molar-refractivity contribution < 1.29 is 0 Å². The predicted molar refractivity (Wildman–Crippen MR) is 59.6 cm³/mol. The summed E-state index contributed by atoms with van der Waals surface area (Å²) in [6, 6.07) is 0.687. The maximum absolute atomic E-state index is 6.34. The molecule has 1 aliphatic heterocycles. The van der Waals surface area contributed by atoms with Crippen LogP contribution in [0.4, 0.5) is 0 Å². The molecular weight excluding hydrogens is 186 g/mol. The number of imidazole rings is 1. The highest BCUT2D eigenvalue weighted by Gasteiger charge is 2.41.